The molecule has 2 aromatic carbocycles. The molecule has 0 aromatic heterocycles. The number of carbonyl (C=O) groups is 2. The number of nitrogens with one attached hydrogen (secondary N) is 1. The fourth-order valence-corrected chi connectivity index (χ4v) is 2.10. The zero-order valence-corrected chi connectivity index (χ0v) is 14.3. The number of nitriles is 1. The number of carbonyl (C=O) groups excluding carboxylic acids is 2. The Morgan fingerprint density at radius 3 is 2.44 bits per heavy atom. The quantitative estimate of drug-likeness (QED) is 0.909. The minimum atomic E-state index is -0.735. The molecule has 0 fully saturated rings. The van der Waals surface area contributed by atoms with Gasteiger partial charge >= 0.3 is 0 Å². The predicted octanol–water partition coefficient (Wildman–Crippen LogP) is 2.67. The Bertz CT molecular complexity index is 807. The van der Waals surface area contributed by atoms with Gasteiger partial charge in [-0.3, -0.25) is 9.59 Å². The van der Waals surface area contributed by atoms with E-state index in [0.717, 1.165) is 0 Å². The summed E-state index contributed by atoms with van der Waals surface area (Å²) in [6.07, 6.45) is -0.735. The highest BCUT2D eigenvalue weighted by atomic mass is 16.5. The highest BCUT2D eigenvalue weighted by Crippen LogP contribution is 2.16. The van der Waals surface area contributed by atoms with Crippen molar-refractivity contribution in [2.24, 2.45) is 0 Å². The van der Waals surface area contributed by atoms with Gasteiger partial charge in [0.1, 0.15) is 5.75 Å². The molecule has 1 N–H and O–H groups in total. The zero-order valence-electron chi connectivity index (χ0n) is 14.3. The Morgan fingerprint density at radius 1 is 1.16 bits per heavy atom. The normalized spacial score (nSPS) is 11.1. The molecule has 2 amide bonds. The van der Waals surface area contributed by atoms with Gasteiger partial charge < -0.3 is 15.0 Å². The van der Waals surface area contributed by atoms with Crippen molar-refractivity contribution in [1.29, 1.82) is 5.26 Å². The maximum atomic E-state index is 12.3. The number of benzene rings is 2. The van der Waals surface area contributed by atoms with Gasteiger partial charge in [-0.25, -0.2) is 0 Å². The van der Waals surface area contributed by atoms with Crippen LogP contribution in [0.3, 0.4) is 0 Å². The third-order valence-corrected chi connectivity index (χ3v) is 3.45. The van der Waals surface area contributed by atoms with Gasteiger partial charge in [0.05, 0.1) is 11.6 Å². The molecular weight excluding hydrogens is 318 g/mol. The molecule has 0 saturated carbocycles. The molecule has 6 nitrogen and oxygen atoms in total. The monoisotopic (exact) mass is 337 g/mol. The minimum Gasteiger partial charge on any atom is -0.481 e. The van der Waals surface area contributed by atoms with Crippen LogP contribution in [0, 0.1) is 11.3 Å². The average molecular weight is 337 g/mol. The Hall–Kier alpha value is -3.33. The Morgan fingerprint density at radius 2 is 1.84 bits per heavy atom. The number of hydrogen-bond donors (Lipinski definition) is 1. The average Bonchev–Trinajstić information content (AvgIpc) is 2.61. The largest absolute Gasteiger partial charge is 0.481 e. The summed E-state index contributed by atoms with van der Waals surface area (Å²) in [6.45, 7) is 1.63. The maximum absolute atomic E-state index is 12.3. The Labute approximate surface area is 146 Å². The molecule has 6 heteroatoms. The number of hydrogen-bond acceptors (Lipinski definition) is 4. The number of ether oxygens (including phenoxy) is 1. The number of anilines is 1. The van der Waals surface area contributed by atoms with Crippen LogP contribution in [0.15, 0.2) is 48.5 Å². The van der Waals surface area contributed by atoms with E-state index in [1.54, 1.807) is 69.6 Å². The first-order valence-electron chi connectivity index (χ1n) is 7.70. The lowest BCUT2D eigenvalue weighted by Gasteiger charge is -2.15. The summed E-state index contributed by atoms with van der Waals surface area (Å²) in [5.74, 6) is 0.0231. The first-order chi connectivity index (χ1) is 11.9. The van der Waals surface area contributed by atoms with E-state index >= 15 is 0 Å². The molecule has 0 radical (unpaired) electrons. The van der Waals surface area contributed by atoms with E-state index in [1.165, 1.54) is 4.90 Å². The fourth-order valence-electron chi connectivity index (χ4n) is 2.10. The van der Waals surface area contributed by atoms with Gasteiger partial charge in [0.15, 0.2) is 6.10 Å². The summed E-state index contributed by atoms with van der Waals surface area (Å²) < 4.78 is 5.57. The van der Waals surface area contributed by atoms with E-state index < -0.39 is 6.10 Å². The summed E-state index contributed by atoms with van der Waals surface area (Å²) in [5, 5.41) is 11.5. The lowest BCUT2D eigenvalue weighted by Crippen LogP contribution is -2.30. The Kier molecular flexibility index (Phi) is 5.75. The minimum absolute atomic E-state index is 0.141. The van der Waals surface area contributed by atoms with Crippen molar-refractivity contribution < 1.29 is 14.3 Å². The van der Waals surface area contributed by atoms with Crippen LogP contribution in [-0.4, -0.2) is 36.9 Å². The van der Waals surface area contributed by atoms with Crippen LogP contribution >= 0.6 is 0 Å². The molecule has 0 aliphatic heterocycles. The second kappa shape index (κ2) is 7.97. The summed E-state index contributed by atoms with van der Waals surface area (Å²) >= 11 is 0. The molecule has 128 valence electrons. The molecule has 0 heterocycles. The first kappa shape index (κ1) is 18.0. The number of rotatable bonds is 5. The van der Waals surface area contributed by atoms with Gasteiger partial charge in [-0.05, 0) is 49.4 Å². The third-order valence-electron chi connectivity index (χ3n) is 3.45. The van der Waals surface area contributed by atoms with Gasteiger partial charge in [0.2, 0.25) is 0 Å². The predicted molar refractivity (Wildman–Crippen MR) is 94.3 cm³/mol. The van der Waals surface area contributed by atoms with Gasteiger partial charge in [0.25, 0.3) is 11.8 Å². The van der Waals surface area contributed by atoms with Crippen LogP contribution in [0.2, 0.25) is 0 Å². The molecule has 0 spiro atoms. The fraction of sp³-hybridized carbons (Fsp3) is 0.211. The highest BCUT2D eigenvalue weighted by Gasteiger charge is 2.16. The molecule has 1 atom stereocenters. The van der Waals surface area contributed by atoms with Crippen molar-refractivity contribution >= 4 is 17.5 Å². The van der Waals surface area contributed by atoms with E-state index in [-0.39, 0.29) is 11.8 Å². The molecule has 2 aromatic rings. The van der Waals surface area contributed by atoms with Gasteiger partial charge in [-0.15, -0.1) is 0 Å². The van der Waals surface area contributed by atoms with E-state index in [0.29, 0.717) is 22.6 Å². The SMILES string of the molecule is CC(Oc1ccc(C#N)cc1)C(=O)Nc1cccc(C(=O)N(C)C)c1. The third kappa shape index (κ3) is 4.82. The topological polar surface area (TPSA) is 82.4 Å². The molecule has 25 heavy (non-hydrogen) atoms. The second-order valence-corrected chi connectivity index (χ2v) is 5.67. The van der Waals surface area contributed by atoms with Crippen molar-refractivity contribution in [3.63, 3.8) is 0 Å². The summed E-state index contributed by atoms with van der Waals surface area (Å²) in [7, 11) is 3.34. The van der Waals surface area contributed by atoms with Crippen LogP contribution < -0.4 is 10.1 Å². The molecule has 0 bridgehead atoms. The molecule has 0 aliphatic rings. The van der Waals surface area contributed by atoms with E-state index in [1.807, 2.05) is 6.07 Å². The lowest BCUT2D eigenvalue weighted by atomic mass is 10.1. The van der Waals surface area contributed by atoms with Crippen LogP contribution in [0.1, 0.15) is 22.8 Å². The Balaban J connectivity index is 2.02. The number of nitrogens with zero attached hydrogens (tertiary/aromatic N) is 2. The molecule has 2 rings (SSSR count). The van der Waals surface area contributed by atoms with Crippen LogP contribution in [0.4, 0.5) is 5.69 Å². The second-order valence-electron chi connectivity index (χ2n) is 5.67. The van der Waals surface area contributed by atoms with Gasteiger partial charge in [-0.1, -0.05) is 6.07 Å². The van der Waals surface area contributed by atoms with Gasteiger partial charge in [0, 0.05) is 25.3 Å². The smallest absolute Gasteiger partial charge is 0.265 e. The van der Waals surface area contributed by atoms with E-state index in [4.69, 9.17) is 10.00 Å². The van der Waals surface area contributed by atoms with Crippen molar-refractivity contribution in [3.05, 3.63) is 59.7 Å². The van der Waals surface area contributed by atoms with Gasteiger partial charge in [-0.2, -0.15) is 5.26 Å². The summed E-state index contributed by atoms with van der Waals surface area (Å²) in [6, 6.07) is 15.3. The van der Waals surface area contributed by atoms with Crippen molar-refractivity contribution in [1.82, 2.24) is 4.90 Å². The summed E-state index contributed by atoms with van der Waals surface area (Å²) in [5.41, 5.74) is 1.53. The molecular formula is C19H19N3O3. The highest BCUT2D eigenvalue weighted by molar-refractivity contribution is 5.98. The molecule has 0 saturated heterocycles. The van der Waals surface area contributed by atoms with Crippen LogP contribution in [0.5, 0.6) is 5.75 Å². The standard InChI is InChI=1S/C19H19N3O3/c1-13(25-17-9-7-14(12-20)8-10-17)18(23)21-16-6-4-5-15(11-16)19(24)22(2)3/h4-11,13H,1-3H3,(H,21,23). The van der Waals surface area contributed by atoms with Crippen molar-refractivity contribution in [3.8, 4) is 11.8 Å². The lowest BCUT2D eigenvalue weighted by molar-refractivity contribution is -0.122. The van der Waals surface area contributed by atoms with Crippen molar-refractivity contribution in [2.45, 2.75) is 13.0 Å². The van der Waals surface area contributed by atoms with Crippen LogP contribution in [0.25, 0.3) is 0 Å². The van der Waals surface area contributed by atoms with E-state index in [2.05, 4.69) is 5.32 Å². The summed E-state index contributed by atoms with van der Waals surface area (Å²) in [4.78, 5) is 25.7. The zero-order chi connectivity index (χ0) is 18.4. The van der Waals surface area contributed by atoms with Crippen LogP contribution in [-0.2, 0) is 4.79 Å². The van der Waals surface area contributed by atoms with E-state index in [9.17, 15) is 9.59 Å². The molecule has 1 unspecified atom stereocenters. The maximum Gasteiger partial charge on any atom is 0.265 e. The first-order valence-corrected chi connectivity index (χ1v) is 7.70. The van der Waals surface area contributed by atoms with Crippen molar-refractivity contribution in [2.75, 3.05) is 19.4 Å². The molecule has 0 aliphatic carbocycles. The number of amides is 2.